The molecule has 1 aliphatic heterocycles. The zero-order chi connectivity index (χ0) is 13.1. The van der Waals surface area contributed by atoms with Gasteiger partial charge in [0.25, 0.3) is 0 Å². The zero-order valence-electron chi connectivity index (χ0n) is 11.3. The smallest absolute Gasteiger partial charge is 0.0784 e. The molecule has 0 spiro atoms. The Kier molecular flexibility index (Phi) is 5.35. The number of aliphatic hydroxyl groups is 1. The summed E-state index contributed by atoms with van der Waals surface area (Å²) in [4.78, 5) is 3.05. The summed E-state index contributed by atoms with van der Waals surface area (Å²) in [5, 5.41) is 9.66. The molecule has 0 aromatic heterocycles. The Morgan fingerprint density at radius 1 is 1.53 bits per heavy atom. The van der Waals surface area contributed by atoms with Gasteiger partial charge in [0.1, 0.15) is 0 Å². The minimum Gasteiger partial charge on any atom is -0.393 e. The summed E-state index contributed by atoms with van der Waals surface area (Å²) in [6, 6.07) is 0. The Hall–Kier alpha value is -0.190. The molecule has 2 unspecified atom stereocenters. The molecule has 0 aromatic carbocycles. The van der Waals surface area contributed by atoms with E-state index in [9.17, 15) is 5.11 Å². The Bertz CT molecular complexity index is 268. The molecular weight excluding hydrogens is 232 g/mol. The van der Waals surface area contributed by atoms with Crippen molar-refractivity contribution in [3.05, 3.63) is 0 Å². The Labute approximate surface area is 110 Å². The van der Waals surface area contributed by atoms with Gasteiger partial charge in [-0.25, -0.2) is 0 Å². The highest BCUT2D eigenvalue weighted by molar-refractivity contribution is 7.80. The van der Waals surface area contributed by atoms with Crippen molar-refractivity contribution < 1.29 is 5.11 Å². The van der Waals surface area contributed by atoms with Gasteiger partial charge in [-0.05, 0) is 31.7 Å². The normalized spacial score (nSPS) is 27.1. The molecule has 0 aromatic rings. The minimum absolute atomic E-state index is 0.0315. The first-order valence-electron chi connectivity index (χ1n) is 6.53. The van der Waals surface area contributed by atoms with E-state index < -0.39 is 0 Å². The predicted octanol–water partition coefficient (Wildman–Crippen LogP) is 1.78. The van der Waals surface area contributed by atoms with E-state index in [4.69, 9.17) is 18.0 Å². The van der Waals surface area contributed by atoms with Gasteiger partial charge in [0.2, 0.25) is 0 Å². The highest BCUT2D eigenvalue weighted by atomic mass is 32.1. The second kappa shape index (κ2) is 6.12. The average molecular weight is 258 g/mol. The molecule has 1 aliphatic rings. The quantitative estimate of drug-likeness (QED) is 0.738. The number of aliphatic hydroxyl groups excluding tert-OH is 1. The monoisotopic (exact) mass is 258 g/mol. The van der Waals surface area contributed by atoms with Crippen LogP contribution in [0.15, 0.2) is 0 Å². The number of piperidine rings is 1. The molecule has 0 radical (unpaired) electrons. The number of rotatable bonds is 5. The summed E-state index contributed by atoms with van der Waals surface area (Å²) in [5.74, 6) is 0.396. The fraction of sp³-hybridized carbons (Fsp3) is 0.923. The van der Waals surface area contributed by atoms with Gasteiger partial charge in [-0.2, -0.15) is 0 Å². The molecule has 3 nitrogen and oxygen atoms in total. The minimum atomic E-state index is -0.112. The lowest BCUT2D eigenvalue weighted by atomic mass is 9.87. The van der Waals surface area contributed by atoms with Gasteiger partial charge in [0.05, 0.1) is 11.1 Å². The number of nitrogens with zero attached hydrogens (tertiary/aromatic N) is 1. The Balaban J connectivity index is 2.26. The number of hydrogen-bond donors (Lipinski definition) is 2. The lowest BCUT2D eigenvalue weighted by molar-refractivity contribution is 0.0340. The second-order valence-corrected chi connectivity index (χ2v) is 6.43. The SMILES string of the molecule is CC1CN(CCCC(C)(C)C(N)=S)CCC1O. The van der Waals surface area contributed by atoms with Crippen LogP contribution in [0.25, 0.3) is 0 Å². The third kappa shape index (κ3) is 4.53. The molecule has 3 N–H and O–H groups in total. The second-order valence-electron chi connectivity index (χ2n) is 5.99. The maximum absolute atomic E-state index is 9.66. The van der Waals surface area contributed by atoms with Gasteiger partial charge < -0.3 is 15.7 Å². The molecule has 2 atom stereocenters. The van der Waals surface area contributed by atoms with Crippen LogP contribution < -0.4 is 5.73 Å². The van der Waals surface area contributed by atoms with E-state index in [-0.39, 0.29) is 11.5 Å². The van der Waals surface area contributed by atoms with E-state index >= 15 is 0 Å². The molecule has 0 aliphatic carbocycles. The van der Waals surface area contributed by atoms with Crippen molar-refractivity contribution >= 4 is 17.2 Å². The molecule has 1 fully saturated rings. The van der Waals surface area contributed by atoms with Crippen molar-refractivity contribution in [3.8, 4) is 0 Å². The van der Waals surface area contributed by atoms with Gasteiger partial charge >= 0.3 is 0 Å². The van der Waals surface area contributed by atoms with E-state index in [1.165, 1.54) is 0 Å². The van der Waals surface area contributed by atoms with Gasteiger partial charge in [0.15, 0.2) is 0 Å². The predicted molar refractivity (Wildman–Crippen MR) is 76.0 cm³/mol. The number of thiocarbonyl (C=S) groups is 1. The molecule has 1 heterocycles. The van der Waals surface area contributed by atoms with E-state index in [0.717, 1.165) is 38.9 Å². The van der Waals surface area contributed by atoms with E-state index in [0.29, 0.717) is 10.9 Å². The lowest BCUT2D eigenvalue weighted by Gasteiger charge is -2.35. The topological polar surface area (TPSA) is 49.5 Å². The van der Waals surface area contributed by atoms with Gasteiger partial charge in [-0.15, -0.1) is 0 Å². The van der Waals surface area contributed by atoms with Crippen LogP contribution in [0.1, 0.15) is 40.0 Å². The molecule has 1 rings (SSSR count). The van der Waals surface area contributed by atoms with Crippen LogP contribution in [0.2, 0.25) is 0 Å². The standard InChI is InChI=1S/C13H26N2OS/c1-10-9-15(8-5-11(10)16)7-4-6-13(2,3)12(14)17/h10-11,16H,4-9H2,1-3H3,(H2,14,17). The van der Waals surface area contributed by atoms with Crippen molar-refractivity contribution in [2.75, 3.05) is 19.6 Å². The lowest BCUT2D eigenvalue weighted by Crippen LogP contribution is -2.42. The molecule has 17 heavy (non-hydrogen) atoms. The zero-order valence-corrected chi connectivity index (χ0v) is 12.1. The Morgan fingerprint density at radius 2 is 2.18 bits per heavy atom. The van der Waals surface area contributed by atoms with Crippen LogP contribution in [0.5, 0.6) is 0 Å². The number of nitrogens with two attached hydrogens (primary N) is 1. The molecular formula is C13H26N2OS. The summed E-state index contributed by atoms with van der Waals surface area (Å²) in [7, 11) is 0. The molecule has 1 saturated heterocycles. The Morgan fingerprint density at radius 3 is 2.71 bits per heavy atom. The maximum atomic E-state index is 9.66. The summed E-state index contributed by atoms with van der Waals surface area (Å²) >= 11 is 5.07. The maximum Gasteiger partial charge on any atom is 0.0784 e. The summed E-state index contributed by atoms with van der Waals surface area (Å²) in [6.07, 6.45) is 2.95. The summed E-state index contributed by atoms with van der Waals surface area (Å²) in [5.41, 5.74) is 5.68. The van der Waals surface area contributed by atoms with Gasteiger partial charge in [-0.3, -0.25) is 0 Å². The first-order chi connectivity index (χ1) is 7.83. The van der Waals surface area contributed by atoms with Gasteiger partial charge in [-0.1, -0.05) is 33.0 Å². The van der Waals surface area contributed by atoms with Crippen LogP contribution >= 0.6 is 12.2 Å². The fourth-order valence-corrected chi connectivity index (χ4v) is 2.39. The molecule has 0 saturated carbocycles. The highest BCUT2D eigenvalue weighted by Crippen LogP contribution is 2.23. The summed E-state index contributed by atoms with van der Waals surface area (Å²) < 4.78 is 0. The first kappa shape index (κ1) is 14.9. The van der Waals surface area contributed by atoms with Crippen LogP contribution in [-0.4, -0.2) is 40.7 Å². The number of hydrogen-bond acceptors (Lipinski definition) is 3. The van der Waals surface area contributed by atoms with Crippen LogP contribution in [0.3, 0.4) is 0 Å². The first-order valence-corrected chi connectivity index (χ1v) is 6.94. The van der Waals surface area contributed by atoms with E-state index in [1.54, 1.807) is 0 Å². The molecule has 0 bridgehead atoms. The number of likely N-dealkylation sites (tertiary alicyclic amines) is 1. The van der Waals surface area contributed by atoms with Crippen LogP contribution in [-0.2, 0) is 0 Å². The average Bonchev–Trinajstić information content (AvgIpc) is 2.23. The van der Waals surface area contributed by atoms with E-state index in [2.05, 4.69) is 25.7 Å². The largest absolute Gasteiger partial charge is 0.393 e. The van der Waals surface area contributed by atoms with Crippen molar-refractivity contribution in [1.29, 1.82) is 0 Å². The third-order valence-electron chi connectivity index (χ3n) is 3.89. The highest BCUT2D eigenvalue weighted by Gasteiger charge is 2.25. The summed E-state index contributed by atoms with van der Waals surface area (Å²) in [6.45, 7) is 9.45. The molecule has 4 heteroatoms. The van der Waals surface area contributed by atoms with Crippen molar-refractivity contribution in [3.63, 3.8) is 0 Å². The van der Waals surface area contributed by atoms with Crippen LogP contribution in [0, 0.1) is 11.3 Å². The fourth-order valence-electron chi connectivity index (χ4n) is 2.29. The third-order valence-corrected chi connectivity index (χ3v) is 4.44. The van der Waals surface area contributed by atoms with Crippen molar-refractivity contribution in [2.24, 2.45) is 17.1 Å². The van der Waals surface area contributed by atoms with Crippen molar-refractivity contribution in [1.82, 2.24) is 4.90 Å². The van der Waals surface area contributed by atoms with Crippen molar-refractivity contribution in [2.45, 2.75) is 46.1 Å². The van der Waals surface area contributed by atoms with Gasteiger partial charge in [0, 0.05) is 18.5 Å². The molecule has 100 valence electrons. The van der Waals surface area contributed by atoms with Crippen LogP contribution in [0.4, 0.5) is 0 Å². The van der Waals surface area contributed by atoms with E-state index in [1.807, 2.05) is 0 Å². The molecule has 0 amide bonds.